The zero-order chi connectivity index (χ0) is 18.2. The van der Waals surface area contributed by atoms with Gasteiger partial charge in [-0.25, -0.2) is 4.39 Å². The molecule has 0 unspecified atom stereocenters. The Hall–Kier alpha value is -3.13. The Labute approximate surface area is 147 Å². The van der Waals surface area contributed by atoms with Gasteiger partial charge in [-0.15, -0.1) is 0 Å². The van der Waals surface area contributed by atoms with Crippen molar-refractivity contribution >= 4 is 23.4 Å². The molecule has 0 bridgehead atoms. The molecule has 0 atom stereocenters. The number of carbonyl (C=O) groups is 1. The van der Waals surface area contributed by atoms with Crippen molar-refractivity contribution in [3.63, 3.8) is 0 Å². The quantitative estimate of drug-likeness (QED) is 0.634. The molecular weight excluding hydrogens is 317 g/mol. The lowest BCUT2D eigenvalue weighted by molar-refractivity contribution is -0.112. The molecule has 25 heavy (non-hydrogen) atoms. The third-order valence-electron chi connectivity index (χ3n) is 3.80. The van der Waals surface area contributed by atoms with Crippen LogP contribution in [0.3, 0.4) is 0 Å². The van der Waals surface area contributed by atoms with Gasteiger partial charge in [-0.05, 0) is 61.9 Å². The number of rotatable bonds is 6. The van der Waals surface area contributed by atoms with Gasteiger partial charge in [0.1, 0.15) is 17.5 Å². The number of halogens is 1. The van der Waals surface area contributed by atoms with Gasteiger partial charge in [0, 0.05) is 24.5 Å². The van der Waals surface area contributed by atoms with E-state index in [4.69, 9.17) is 0 Å². The van der Waals surface area contributed by atoms with E-state index in [1.807, 2.05) is 30.3 Å². The Kier molecular flexibility index (Phi) is 6.30. The fourth-order valence-corrected chi connectivity index (χ4v) is 2.42. The van der Waals surface area contributed by atoms with E-state index in [0.29, 0.717) is 5.69 Å². The summed E-state index contributed by atoms with van der Waals surface area (Å²) in [6, 6.07) is 15.0. The summed E-state index contributed by atoms with van der Waals surface area (Å²) in [7, 11) is 0. The average molecular weight is 337 g/mol. The first-order valence-corrected chi connectivity index (χ1v) is 8.11. The second-order valence-electron chi connectivity index (χ2n) is 5.39. The van der Waals surface area contributed by atoms with E-state index >= 15 is 0 Å². The van der Waals surface area contributed by atoms with E-state index in [9.17, 15) is 14.4 Å². The van der Waals surface area contributed by atoms with Crippen molar-refractivity contribution in [2.45, 2.75) is 13.8 Å². The maximum Gasteiger partial charge on any atom is 0.266 e. The maximum absolute atomic E-state index is 12.9. The summed E-state index contributed by atoms with van der Waals surface area (Å²) >= 11 is 0. The Balaban J connectivity index is 2.14. The number of hydrogen-bond donors (Lipinski definition) is 1. The minimum Gasteiger partial charge on any atom is -0.372 e. The van der Waals surface area contributed by atoms with E-state index in [2.05, 4.69) is 24.1 Å². The number of nitrogens with zero attached hydrogens (tertiary/aromatic N) is 2. The molecule has 128 valence electrons. The molecule has 2 aromatic carbocycles. The number of nitrogens with one attached hydrogen (secondary N) is 1. The smallest absolute Gasteiger partial charge is 0.266 e. The standard InChI is InChI=1S/C20H20FN3O/c1-3-24(4-2)19-11-5-15(6-12-19)13-16(14-22)20(25)23-18-9-7-17(21)8-10-18/h5-13H,3-4H2,1-2H3,(H,23,25)/b16-13-. The van der Waals surface area contributed by atoms with Crippen LogP contribution in [-0.4, -0.2) is 19.0 Å². The monoisotopic (exact) mass is 337 g/mol. The van der Waals surface area contributed by atoms with Gasteiger partial charge in [-0.1, -0.05) is 12.1 Å². The lowest BCUT2D eigenvalue weighted by Crippen LogP contribution is -2.21. The lowest BCUT2D eigenvalue weighted by Gasteiger charge is -2.20. The molecule has 0 spiro atoms. The fourth-order valence-electron chi connectivity index (χ4n) is 2.42. The molecule has 0 radical (unpaired) electrons. The highest BCUT2D eigenvalue weighted by Gasteiger charge is 2.10. The Bertz CT molecular complexity index is 785. The molecule has 1 amide bonds. The first kappa shape index (κ1) is 18.2. The molecule has 5 heteroatoms. The number of nitriles is 1. The lowest BCUT2D eigenvalue weighted by atomic mass is 10.1. The molecule has 0 heterocycles. The maximum atomic E-state index is 12.9. The van der Waals surface area contributed by atoms with Crippen molar-refractivity contribution in [1.29, 1.82) is 5.26 Å². The molecule has 4 nitrogen and oxygen atoms in total. The minimum absolute atomic E-state index is 0.0140. The van der Waals surface area contributed by atoms with Crippen LogP contribution in [0.1, 0.15) is 19.4 Å². The Morgan fingerprint density at radius 1 is 1.12 bits per heavy atom. The van der Waals surface area contributed by atoms with E-state index in [0.717, 1.165) is 24.3 Å². The first-order valence-electron chi connectivity index (χ1n) is 8.11. The van der Waals surface area contributed by atoms with Gasteiger partial charge in [-0.2, -0.15) is 5.26 Å². The van der Waals surface area contributed by atoms with Gasteiger partial charge in [0.2, 0.25) is 0 Å². The minimum atomic E-state index is -0.526. The van der Waals surface area contributed by atoms with Gasteiger partial charge in [0.25, 0.3) is 5.91 Å². The highest BCUT2D eigenvalue weighted by atomic mass is 19.1. The number of amides is 1. The summed E-state index contributed by atoms with van der Waals surface area (Å²) in [5, 5.41) is 11.8. The van der Waals surface area contributed by atoms with Crippen molar-refractivity contribution in [2.75, 3.05) is 23.3 Å². The summed E-state index contributed by atoms with van der Waals surface area (Å²) in [5.74, 6) is -0.913. The molecule has 0 saturated heterocycles. The third kappa shape index (κ3) is 4.92. The molecule has 0 fully saturated rings. The van der Waals surface area contributed by atoms with Gasteiger partial charge >= 0.3 is 0 Å². The van der Waals surface area contributed by atoms with Crippen LogP contribution in [0, 0.1) is 17.1 Å². The highest BCUT2D eigenvalue weighted by molar-refractivity contribution is 6.09. The van der Waals surface area contributed by atoms with Crippen LogP contribution < -0.4 is 10.2 Å². The summed E-state index contributed by atoms with van der Waals surface area (Å²) in [6.07, 6.45) is 1.53. The molecule has 1 N–H and O–H groups in total. The van der Waals surface area contributed by atoms with E-state index in [-0.39, 0.29) is 11.4 Å². The van der Waals surface area contributed by atoms with Crippen molar-refractivity contribution in [1.82, 2.24) is 0 Å². The zero-order valence-corrected chi connectivity index (χ0v) is 14.3. The van der Waals surface area contributed by atoms with Crippen molar-refractivity contribution < 1.29 is 9.18 Å². The van der Waals surface area contributed by atoms with E-state index < -0.39 is 5.91 Å². The van der Waals surface area contributed by atoms with Crippen LogP contribution in [0.2, 0.25) is 0 Å². The number of anilines is 2. The van der Waals surface area contributed by atoms with Gasteiger partial charge < -0.3 is 10.2 Å². The van der Waals surface area contributed by atoms with Crippen molar-refractivity contribution in [3.8, 4) is 6.07 Å². The van der Waals surface area contributed by atoms with Crippen LogP contribution in [0.5, 0.6) is 0 Å². The van der Waals surface area contributed by atoms with E-state index in [1.54, 1.807) is 0 Å². The number of hydrogen-bond acceptors (Lipinski definition) is 3. The van der Waals surface area contributed by atoms with Crippen molar-refractivity contribution in [3.05, 3.63) is 65.5 Å². The average Bonchev–Trinajstić information content (AvgIpc) is 2.63. The molecule has 0 aliphatic carbocycles. The van der Waals surface area contributed by atoms with Crippen LogP contribution >= 0.6 is 0 Å². The molecule has 2 rings (SSSR count). The summed E-state index contributed by atoms with van der Waals surface area (Å²) < 4.78 is 12.9. The van der Waals surface area contributed by atoms with Gasteiger partial charge in [0.05, 0.1) is 0 Å². The number of carbonyl (C=O) groups excluding carboxylic acids is 1. The fraction of sp³-hybridized carbons (Fsp3) is 0.200. The topological polar surface area (TPSA) is 56.1 Å². The van der Waals surface area contributed by atoms with E-state index in [1.165, 1.54) is 30.3 Å². The zero-order valence-electron chi connectivity index (χ0n) is 14.3. The molecule has 0 aromatic heterocycles. The van der Waals surface area contributed by atoms with Crippen LogP contribution in [0.25, 0.3) is 6.08 Å². The summed E-state index contributed by atoms with van der Waals surface area (Å²) in [4.78, 5) is 14.4. The van der Waals surface area contributed by atoms with Crippen LogP contribution in [0.4, 0.5) is 15.8 Å². The second-order valence-corrected chi connectivity index (χ2v) is 5.39. The SMILES string of the molecule is CCN(CC)c1ccc(/C=C(/C#N)C(=O)Nc2ccc(F)cc2)cc1. The normalized spacial score (nSPS) is 10.9. The summed E-state index contributed by atoms with van der Waals surface area (Å²) in [6.45, 7) is 6.00. The highest BCUT2D eigenvalue weighted by Crippen LogP contribution is 2.17. The molecule has 0 aliphatic heterocycles. The van der Waals surface area contributed by atoms with Crippen molar-refractivity contribution in [2.24, 2.45) is 0 Å². The van der Waals surface area contributed by atoms with Gasteiger partial charge in [-0.3, -0.25) is 4.79 Å². The Morgan fingerprint density at radius 2 is 1.72 bits per heavy atom. The van der Waals surface area contributed by atoms with Crippen LogP contribution in [-0.2, 0) is 4.79 Å². The molecule has 0 saturated carbocycles. The van der Waals surface area contributed by atoms with Gasteiger partial charge in [0.15, 0.2) is 0 Å². The van der Waals surface area contributed by atoms with Crippen LogP contribution in [0.15, 0.2) is 54.1 Å². The number of benzene rings is 2. The first-order chi connectivity index (χ1) is 12.1. The Morgan fingerprint density at radius 3 is 2.24 bits per heavy atom. The second kappa shape index (κ2) is 8.65. The summed E-state index contributed by atoms with van der Waals surface area (Å²) in [5.41, 5.74) is 2.28. The molecular formula is C20H20FN3O. The predicted molar refractivity (Wildman–Crippen MR) is 98.6 cm³/mol. The predicted octanol–water partition coefficient (Wildman–Crippen LogP) is 4.22. The third-order valence-corrected chi connectivity index (χ3v) is 3.80. The largest absolute Gasteiger partial charge is 0.372 e. The molecule has 0 aliphatic rings. The molecule has 2 aromatic rings.